The third-order valence-electron chi connectivity index (χ3n) is 1.94. The SMILES string of the molecule is CC(C)CNc1nc(-c2cccs2)cs1. The molecule has 0 aliphatic rings. The van der Waals surface area contributed by atoms with Crippen molar-refractivity contribution in [1.29, 1.82) is 0 Å². The van der Waals surface area contributed by atoms with Crippen molar-refractivity contribution in [2.45, 2.75) is 13.8 Å². The lowest BCUT2D eigenvalue weighted by Gasteiger charge is -2.04. The minimum atomic E-state index is 0.652. The molecule has 1 N–H and O–H groups in total. The van der Waals surface area contributed by atoms with Gasteiger partial charge in [-0.3, -0.25) is 0 Å². The first-order valence-corrected chi connectivity index (χ1v) is 6.75. The highest BCUT2D eigenvalue weighted by Crippen LogP contribution is 2.28. The fourth-order valence-electron chi connectivity index (χ4n) is 1.18. The molecule has 2 rings (SSSR count). The van der Waals surface area contributed by atoms with Gasteiger partial charge >= 0.3 is 0 Å². The molecule has 2 aromatic rings. The van der Waals surface area contributed by atoms with Gasteiger partial charge in [0.15, 0.2) is 5.13 Å². The maximum absolute atomic E-state index is 4.54. The van der Waals surface area contributed by atoms with Crippen molar-refractivity contribution in [3.63, 3.8) is 0 Å². The van der Waals surface area contributed by atoms with Gasteiger partial charge in [-0.05, 0) is 17.4 Å². The molecule has 0 aliphatic carbocycles. The largest absolute Gasteiger partial charge is 0.361 e. The molecule has 2 heterocycles. The third kappa shape index (κ3) is 2.79. The minimum absolute atomic E-state index is 0.652. The van der Waals surface area contributed by atoms with Gasteiger partial charge in [0.05, 0.1) is 10.6 Å². The molecule has 0 bridgehead atoms. The monoisotopic (exact) mass is 238 g/mol. The van der Waals surface area contributed by atoms with E-state index in [0.29, 0.717) is 5.92 Å². The van der Waals surface area contributed by atoms with Crippen LogP contribution < -0.4 is 5.32 Å². The number of thiophene rings is 1. The van der Waals surface area contributed by atoms with Crippen molar-refractivity contribution < 1.29 is 0 Å². The summed E-state index contributed by atoms with van der Waals surface area (Å²) in [6.07, 6.45) is 0. The Balaban J connectivity index is 2.04. The van der Waals surface area contributed by atoms with Crippen LogP contribution in [0.3, 0.4) is 0 Å². The number of rotatable bonds is 4. The highest BCUT2D eigenvalue weighted by molar-refractivity contribution is 7.15. The van der Waals surface area contributed by atoms with E-state index in [-0.39, 0.29) is 0 Å². The maximum atomic E-state index is 4.54. The number of nitrogens with zero attached hydrogens (tertiary/aromatic N) is 1. The molecule has 2 nitrogen and oxygen atoms in total. The predicted molar refractivity (Wildman–Crippen MR) is 68.8 cm³/mol. The van der Waals surface area contributed by atoms with Gasteiger partial charge in [0, 0.05) is 11.9 Å². The molecule has 2 aromatic heterocycles. The predicted octanol–water partition coefficient (Wildman–Crippen LogP) is 3.94. The summed E-state index contributed by atoms with van der Waals surface area (Å²) in [6, 6.07) is 4.16. The third-order valence-corrected chi connectivity index (χ3v) is 3.63. The zero-order valence-corrected chi connectivity index (χ0v) is 10.5. The van der Waals surface area contributed by atoms with Crippen LogP contribution in [0.15, 0.2) is 22.9 Å². The van der Waals surface area contributed by atoms with E-state index in [1.165, 1.54) is 4.88 Å². The second-order valence-corrected chi connectivity index (χ2v) is 5.60. The van der Waals surface area contributed by atoms with Crippen molar-refractivity contribution in [3.05, 3.63) is 22.9 Å². The van der Waals surface area contributed by atoms with E-state index in [9.17, 15) is 0 Å². The number of aromatic nitrogens is 1. The van der Waals surface area contributed by atoms with E-state index in [0.717, 1.165) is 17.4 Å². The summed E-state index contributed by atoms with van der Waals surface area (Å²) < 4.78 is 0. The summed E-state index contributed by atoms with van der Waals surface area (Å²) in [4.78, 5) is 5.78. The molecule has 0 radical (unpaired) electrons. The molecule has 0 spiro atoms. The molecule has 0 fully saturated rings. The molecule has 0 aromatic carbocycles. The van der Waals surface area contributed by atoms with Crippen LogP contribution in [0.5, 0.6) is 0 Å². The molecular weight excluding hydrogens is 224 g/mol. The van der Waals surface area contributed by atoms with Crippen LogP contribution in [0.2, 0.25) is 0 Å². The average molecular weight is 238 g/mol. The molecule has 4 heteroatoms. The van der Waals surface area contributed by atoms with Crippen molar-refractivity contribution in [2.75, 3.05) is 11.9 Å². The van der Waals surface area contributed by atoms with Gasteiger partial charge in [-0.2, -0.15) is 0 Å². The summed E-state index contributed by atoms with van der Waals surface area (Å²) >= 11 is 3.40. The Morgan fingerprint density at radius 3 is 2.93 bits per heavy atom. The zero-order chi connectivity index (χ0) is 10.7. The fourth-order valence-corrected chi connectivity index (χ4v) is 2.67. The lowest BCUT2D eigenvalue weighted by atomic mass is 10.2. The summed E-state index contributed by atoms with van der Waals surface area (Å²) in [7, 11) is 0. The van der Waals surface area contributed by atoms with Gasteiger partial charge in [-0.15, -0.1) is 22.7 Å². The smallest absolute Gasteiger partial charge is 0.183 e. The second kappa shape index (κ2) is 4.77. The highest BCUT2D eigenvalue weighted by Gasteiger charge is 2.04. The minimum Gasteiger partial charge on any atom is -0.361 e. The highest BCUT2D eigenvalue weighted by atomic mass is 32.1. The quantitative estimate of drug-likeness (QED) is 0.872. The van der Waals surface area contributed by atoms with Gasteiger partial charge < -0.3 is 5.32 Å². The van der Waals surface area contributed by atoms with Crippen molar-refractivity contribution >= 4 is 27.8 Å². The van der Waals surface area contributed by atoms with E-state index in [2.05, 4.69) is 47.0 Å². The summed E-state index contributed by atoms with van der Waals surface area (Å²) in [5.41, 5.74) is 1.08. The van der Waals surface area contributed by atoms with E-state index in [1.807, 2.05) is 0 Å². The van der Waals surface area contributed by atoms with Crippen molar-refractivity contribution in [2.24, 2.45) is 5.92 Å². The summed E-state index contributed by atoms with van der Waals surface area (Å²) in [6.45, 7) is 5.37. The first-order chi connectivity index (χ1) is 7.25. The Bertz CT molecular complexity index is 404. The molecule has 0 aliphatic heterocycles. The molecule has 80 valence electrons. The molecule has 0 amide bonds. The Hall–Kier alpha value is -0.870. The van der Waals surface area contributed by atoms with E-state index >= 15 is 0 Å². The van der Waals surface area contributed by atoms with Crippen LogP contribution in [-0.4, -0.2) is 11.5 Å². The first kappa shape index (κ1) is 10.6. The molecule has 0 unspecified atom stereocenters. The van der Waals surface area contributed by atoms with Gasteiger partial charge in [0.25, 0.3) is 0 Å². The van der Waals surface area contributed by atoms with Crippen molar-refractivity contribution in [3.8, 4) is 10.6 Å². The molecule has 0 saturated carbocycles. The molecule has 15 heavy (non-hydrogen) atoms. The molecular formula is C11H14N2S2. The van der Waals surface area contributed by atoms with Crippen LogP contribution in [0.25, 0.3) is 10.6 Å². The Morgan fingerprint density at radius 2 is 2.27 bits per heavy atom. The Morgan fingerprint density at radius 1 is 1.40 bits per heavy atom. The maximum Gasteiger partial charge on any atom is 0.183 e. The van der Waals surface area contributed by atoms with Crippen LogP contribution in [-0.2, 0) is 0 Å². The van der Waals surface area contributed by atoms with E-state index < -0.39 is 0 Å². The van der Waals surface area contributed by atoms with Crippen LogP contribution >= 0.6 is 22.7 Å². The van der Waals surface area contributed by atoms with Gasteiger partial charge in [-0.25, -0.2) is 4.98 Å². The number of anilines is 1. The standard InChI is InChI=1S/C11H14N2S2/c1-8(2)6-12-11-13-9(7-15-11)10-4-3-5-14-10/h3-5,7-8H,6H2,1-2H3,(H,12,13). The summed E-state index contributed by atoms with van der Waals surface area (Å²) in [5.74, 6) is 0.652. The Kier molecular flexibility index (Phi) is 3.38. The Labute approximate surface area is 98.0 Å². The lowest BCUT2D eigenvalue weighted by Crippen LogP contribution is -2.07. The topological polar surface area (TPSA) is 24.9 Å². The van der Waals surface area contributed by atoms with Gasteiger partial charge in [0.1, 0.15) is 0 Å². The van der Waals surface area contributed by atoms with Crippen LogP contribution in [0.1, 0.15) is 13.8 Å². The normalized spacial score (nSPS) is 10.9. The van der Waals surface area contributed by atoms with Gasteiger partial charge in [-0.1, -0.05) is 19.9 Å². The average Bonchev–Trinajstić information content (AvgIpc) is 2.85. The summed E-state index contributed by atoms with van der Waals surface area (Å²) in [5, 5.41) is 8.54. The zero-order valence-electron chi connectivity index (χ0n) is 8.86. The van der Waals surface area contributed by atoms with Crippen LogP contribution in [0, 0.1) is 5.92 Å². The van der Waals surface area contributed by atoms with Crippen molar-refractivity contribution in [1.82, 2.24) is 4.98 Å². The van der Waals surface area contributed by atoms with E-state index in [4.69, 9.17) is 0 Å². The number of hydrogen-bond donors (Lipinski definition) is 1. The molecule has 0 atom stereocenters. The fraction of sp³-hybridized carbons (Fsp3) is 0.364. The number of thiazole rings is 1. The number of nitrogens with one attached hydrogen (secondary N) is 1. The number of hydrogen-bond acceptors (Lipinski definition) is 4. The van der Waals surface area contributed by atoms with Crippen LogP contribution in [0.4, 0.5) is 5.13 Å². The molecule has 0 saturated heterocycles. The second-order valence-electron chi connectivity index (χ2n) is 3.79. The lowest BCUT2D eigenvalue weighted by molar-refractivity contribution is 0.688. The van der Waals surface area contributed by atoms with E-state index in [1.54, 1.807) is 22.7 Å². The first-order valence-electron chi connectivity index (χ1n) is 4.99. The van der Waals surface area contributed by atoms with Gasteiger partial charge in [0.2, 0.25) is 0 Å².